The van der Waals surface area contributed by atoms with E-state index in [1.165, 1.54) is 12.8 Å². The molecule has 3 aliphatic rings. The molecule has 0 aromatic rings. The standard InChI is InChI=1S/C19H33NO2/c1-16(2)9-7-10-17(3,4)20(16)22-13-19-11-8-14(12-15(19)21)18(19,5)6/h14H,7-13H2,1-6H3/t14-,19-/m1/s1. The molecule has 3 rings (SSSR count). The molecule has 0 aromatic carbocycles. The summed E-state index contributed by atoms with van der Waals surface area (Å²) in [6, 6.07) is 0. The molecule has 0 N–H and O–H groups in total. The van der Waals surface area contributed by atoms with E-state index in [2.05, 4.69) is 46.6 Å². The van der Waals surface area contributed by atoms with E-state index < -0.39 is 0 Å². The molecule has 0 unspecified atom stereocenters. The molecule has 2 atom stereocenters. The summed E-state index contributed by atoms with van der Waals surface area (Å²) in [6.45, 7) is 14.2. The zero-order chi connectivity index (χ0) is 16.4. The topological polar surface area (TPSA) is 29.5 Å². The van der Waals surface area contributed by atoms with Gasteiger partial charge < -0.3 is 0 Å². The monoisotopic (exact) mass is 307 g/mol. The summed E-state index contributed by atoms with van der Waals surface area (Å²) in [5.74, 6) is 1.01. The van der Waals surface area contributed by atoms with Crippen LogP contribution in [0.1, 0.15) is 80.1 Å². The molecule has 2 aliphatic carbocycles. The highest BCUT2D eigenvalue weighted by Gasteiger charge is 2.64. The van der Waals surface area contributed by atoms with Crippen molar-refractivity contribution >= 4 is 5.78 Å². The minimum absolute atomic E-state index is 0.0438. The fraction of sp³-hybridized carbons (Fsp3) is 0.947. The molecule has 3 heteroatoms. The molecule has 2 saturated carbocycles. The Balaban J connectivity index is 1.80. The Morgan fingerprint density at radius 1 is 1.05 bits per heavy atom. The first-order valence-electron chi connectivity index (χ1n) is 9.00. The van der Waals surface area contributed by atoms with Crippen LogP contribution >= 0.6 is 0 Å². The van der Waals surface area contributed by atoms with E-state index in [1.807, 2.05) is 0 Å². The number of hydroxylamine groups is 2. The molecule has 0 radical (unpaired) electrons. The SMILES string of the molecule is CC1(C)CCCC(C)(C)N1OC[C@]12CC[C@H](CC1=O)C2(C)C. The third-order valence-electron chi connectivity index (χ3n) is 7.26. The zero-order valence-corrected chi connectivity index (χ0v) is 15.3. The van der Waals surface area contributed by atoms with E-state index in [0.29, 0.717) is 18.3 Å². The molecule has 1 heterocycles. The van der Waals surface area contributed by atoms with Crippen molar-refractivity contribution < 1.29 is 9.63 Å². The Hall–Kier alpha value is -0.410. The van der Waals surface area contributed by atoms with Gasteiger partial charge in [-0.25, -0.2) is 0 Å². The van der Waals surface area contributed by atoms with Gasteiger partial charge in [0.2, 0.25) is 0 Å². The van der Waals surface area contributed by atoms with Crippen molar-refractivity contribution in [3.63, 3.8) is 0 Å². The fourth-order valence-corrected chi connectivity index (χ4v) is 5.61. The molecular weight excluding hydrogens is 274 g/mol. The number of nitrogens with zero attached hydrogens (tertiary/aromatic N) is 1. The third kappa shape index (κ3) is 2.11. The van der Waals surface area contributed by atoms with Crippen LogP contribution in [0.25, 0.3) is 0 Å². The largest absolute Gasteiger partial charge is 0.299 e. The Kier molecular flexibility index (Phi) is 3.59. The average Bonchev–Trinajstić information content (AvgIpc) is 2.70. The van der Waals surface area contributed by atoms with E-state index >= 15 is 0 Å². The van der Waals surface area contributed by atoms with Gasteiger partial charge in [0.25, 0.3) is 0 Å². The van der Waals surface area contributed by atoms with Gasteiger partial charge in [0, 0.05) is 17.5 Å². The molecule has 126 valence electrons. The fourth-order valence-electron chi connectivity index (χ4n) is 5.61. The van der Waals surface area contributed by atoms with Crippen molar-refractivity contribution in [1.29, 1.82) is 0 Å². The van der Waals surface area contributed by atoms with Crippen LogP contribution in [0.5, 0.6) is 0 Å². The Bertz CT molecular complexity index is 464. The van der Waals surface area contributed by atoms with Gasteiger partial charge in [0.15, 0.2) is 0 Å². The lowest BCUT2D eigenvalue weighted by Crippen LogP contribution is -2.59. The van der Waals surface area contributed by atoms with Crippen LogP contribution in [-0.2, 0) is 9.63 Å². The van der Waals surface area contributed by atoms with E-state index in [1.54, 1.807) is 0 Å². The smallest absolute Gasteiger partial charge is 0.142 e. The number of fused-ring (bicyclic) bond motifs is 2. The predicted octanol–water partition coefficient (Wildman–Crippen LogP) is 4.36. The van der Waals surface area contributed by atoms with Crippen molar-refractivity contribution in [2.24, 2.45) is 16.7 Å². The minimum atomic E-state index is -0.249. The molecule has 3 nitrogen and oxygen atoms in total. The maximum absolute atomic E-state index is 12.7. The van der Waals surface area contributed by atoms with Crippen molar-refractivity contribution in [3.8, 4) is 0 Å². The molecule has 0 aromatic heterocycles. The summed E-state index contributed by atoms with van der Waals surface area (Å²) in [7, 11) is 0. The molecule has 0 amide bonds. The number of ketones is 1. The highest BCUT2D eigenvalue weighted by atomic mass is 16.7. The van der Waals surface area contributed by atoms with Gasteiger partial charge in [-0.1, -0.05) is 13.8 Å². The Morgan fingerprint density at radius 3 is 2.09 bits per heavy atom. The molecular formula is C19H33NO2. The number of hydrogen-bond donors (Lipinski definition) is 0. The number of carbonyl (C=O) groups excluding carboxylic acids is 1. The van der Waals surface area contributed by atoms with Crippen molar-refractivity contribution in [2.45, 2.75) is 91.1 Å². The van der Waals surface area contributed by atoms with Crippen LogP contribution in [-0.4, -0.2) is 28.5 Å². The molecule has 1 saturated heterocycles. The first kappa shape index (κ1) is 16.4. The second kappa shape index (κ2) is 4.80. The third-order valence-corrected chi connectivity index (χ3v) is 7.26. The highest BCUT2D eigenvalue weighted by molar-refractivity contribution is 5.89. The zero-order valence-electron chi connectivity index (χ0n) is 15.3. The van der Waals surface area contributed by atoms with Gasteiger partial charge in [-0.2, -0.15) is 5.06 Å². The van der Waals surface area contributed by atoms with Crippen LogP contribution in [0.2, 0.25) is 0 Å². The number of piperidine rings is 1. The van der Waals surface area contributed by atoms with Gasteiger partial charge in [0.1, 0.15) is 5.78 Å². The second-order valence-electron chi connectivity index (χ2n) is 9.71. The average molecular weight is 307 g/mol. The summed E-state index contributed by atoms with van der Waals surface area (Å²) in [6.07, 6.45) is 6.53. The second-order valence-corrected chi connectivity index (χ2v) is 9.71. The van der Waals surface area contributed by atoms with Crippen LogP contribution in [0.15, 0.2) is 0 Å². The molecule has 0 spiro atoms. The van der Waals surface area contributed by atoms with Gasteiger partial charge >= 0.3 is 0 Å². The van der Waals surface area contributed by atoms with Crippen LogP contribution in [0.3, 0.4) is 0 Å². The maximum Gasteiger partial charge on any atom is 0.142 e. The lowest BCUT2D eigenvalue weighted by Gasteiger charge is -2.52. The van der Waals surface area contributed by atoms with E-state index in [-0.39, 0.29) is 21.9 Å². The number of carbonyl (C=O) groups is 1. The predicted molar refractivity (Wildman–Crippen MR) is 88.4 cm³/mol. The van der Waals surface area contributed by atoms with E-state index in [4.69, 9.17) is 4.84 Å². The summed E-state index contributed by atoms with van der Waals surface area (Å²) in [4.78, 5) is 19.1. The van der Waals surface area contributed by atoms with Gasteiger partial charge in [-0.15, -0.1) is 0 Å². The van der Waals surface area contributed by atoms with Gasteiger partial charge in [-0.05, 0) is 71.1 Å². The van der Waals surface area contributed by atoms with E-state index in [0.717, 1.165) is 25.7 Å². The normalized spacial score (nSPS) is 39.4. The van der Waals surface area contributed by atoms with Crippen molar-refractivity contribution in [1.82, 2.24) is 5.06 Å². The van der Waals surface area contributed by atoms with Gasteiger partial charge in [-0.3, -0.25) is 9.63 Å². The quantitative estimate of drug-likeness (QED) is 0.776. The number of hydrogen-bond acceptors (Lipinski definition) is 3. The molecule has 3 fully saturated rings. The van der Waals surface area contributed by atoms with Crippen LogP contribution in [0.4, 0.5) is 0 Å². The number of rotatable bonds is 3. The van der Waals surface area contributed by atoms with Crippen LogP contribution < -0.4 is 0 Å². The molecule has 2 bridgehead atoms. The maximum atomic E-state index is 12.7. The number of Topliss-reactive ketones (excluding diaryl/α,β-unsaturated/α-hetero) is 1. The summed E-state index contributed by atoms with van der Waals surface area (Å²) in [5.41, 5.74) is -0.0696. The Labute approximate surface area is 135 Å². The van der Waals surface area contributed by atoms with Crippen LogP contribution in [0, 0.1) is 16.7 Å². The Morgan fingerprint density at radius 2 is 1.64 bits per heavy atom. The van der Waals surface area contributed by atoms with Gasteiger partial charge in [0.05, 0.1) is 12.0 Å². The minimum Gasteiger partial charge on any atom is -0.299 e. The lowest BCUT2D eigenvalue weighted by atomic mass is 9.69. The highest BCUT2D eigenvalue weighted by Crippen LogP contribution is 2.64. The van der Waals surface area contributed by atoms with Crippen molar-refractivity contribution in [2.75, 3.05) is 6.61 Å². The van der Waals surface area contributed by atoms with E-state index in [9.17, 15) is 4.79 Å². The summed E-state index contributed by atoms with van der Waals surface area (Å²) < 4.78 is 0. The molecule has 22 heavy (non-hydrogen) atoms. The first-order valence-corrected chi connectivity index (χ1v) is 9.00. The summed E-state index contributed by atoms with van der Waals surface area (Å²) >= 11 is 0. The first-order chi connectivity index (χ1) is 10.0. The molecule has 1 aliphatic heterocycles. The van der Waals surface area contributed by atoms with Crippen molar-refractivity contribution in [3.05, 3.63) is 0 Å². The summed E-state index contributed by atoms with van der Waals surface area (Å²) in [5, 5.41) is 2.22. The lowest BCUT2D eigenvalue weighted by molar-refractivity contribution is -0.294.